The molecule has 1 aromatic carbocycles. The first-order chi connectivity index (χ1) is 22.3. The molecule has 3 aromatic rings. The summed E-state index contributed by atoms with van der Waals surface area (Å²) in [5, 5.41) is 53.5. The molecule has 250 valence electrons. The Bertz CT molecular complexity index is 1390. The minimum Gasteiger partial charge on any atom is -0.504 e. The summed E-state index contributed by atoms with van der Waals surface area (Å²) < 4.78 is 6.33. The van der Waals surface area contributed by atoms with E-state index in [2.05, 4.69) is 28.7 Å². The van der Waals surface area contributed by atoms with Gasteiger partial charge in [-0.1, -0.05) is 31.8 Å². The number of phenolic OH excluding ortho intramolecular Hbond substituents is 1. The molecule has 0 bridgehead atoms. The largest absolute Gasteiger partial charge is 0.504 e. The Labute approximate surface area is 272 Å². The van der Waals surface area contributed by atoms with Crippen LogP contribution in [0.25, 0.3) is 0 Å². The number of anilines is 1. The average Bonchev–Trinajstić information content (AvgIpc) is 3.56. The van der Waals surface area contributed by atoms with Crippen LogP contribution in [-0.2, 0) is 12.8 Å². The Morgan fingerprint density at radius 2 is 1.93 bits per heavy atom. The number of hydrogen-bond acceptors (Lipinski definition) is 8. The van der Waals surface area contributed by atoms with Crippen molar-refractivity contribution < 1.29 is 30.3 Å². The zero-order valence-electron chi connectivity index (χ0n) is 26.9. The minimum atomic E-state index is -0.997. The zero-order valence-corrected chi connectivity index (χ0v) is 26.9. The van der Waals surface area contributed by atoms with E-state index in [0.29, 0.717) is 50.3 Å². The third kappa shape index (κ3) is 10.5. The molecule has 0 saturated carbocycles. The van der Waals surface area contributed by atoms with Crippen molar-refractivity contribution in [2.75, 3.05) is 12.3 Å². The minimum absolute atomic E-state index is 0.0666. The molecule has 0 saturated heterocycles. The molecule has 2 aromatic heterocycles. The summed E-state index contributed by atoms with van der Waals surface area (Å²) in [6.07, 6.45) is 7.59. The predicted molar refractivity (Wildman–Crippen MR) is 179 cm³/mol. The lowest BCUT2D eigenvalue weighted by Gasteiger charge is -2.29. The molecule has 9 heteroatoms. The number of phenols is 1. The number of nitrogen functional groups attached to an aromatic ring is 1. The third-order valence-electron chi connectivity index (χ3n) is 9.24. The number of ether oxygens (including phenoxy) is 1. The first kappa shape index (κ1) is 35.3. The van der Waals surface area contributed by atoms with Gasteiger partial charge in [-0.3, -0.25) is 0 Å². The monoisotopic (exact) mass is 633 g/mol. The van der Waals surface area contributed by atoms with Gasteiger partial charge in [-0.15, -0.1) is 5.92 Å². The number of nitrogens with two attached hydrogens (primary N) is 1. The summed E-state index contributed by atoms with van der Waals surface area (Å²) >= 11 is 0. The summed E-state index contributed by atoms with van der Waals surface area (Å²) in [5.74, 6) is 7.07. The molecule has 46 heavy (non-hydrogen) atoms. The number of hydrogen-bond donors (Lipinski definition) is 7. The van der Waals surface area contributed by atoms with Gasteiger partial charge >= 0.3 is 0 Å². The van der Waals surface area contributed by atoms with Crippen LogP contribution in [0.3, 0.4) is 0 Å². The van der Waals surface area contributed by atoms with Crippen molar-refractivity contribution in [3.63, 3.8) is 0 Å². The maximum absolute atomic E-state index is 11.2. The number of rotatable bonds is 15. The molecule has 0 aliphatic heterocycles. The standard InChI is InChI=1S/C37H51N3O6/c1-2-25-7-3-4-11-31(42)30(10-5-8-25)32(43)14-12-26-13-15-33(44)35(21-26)46-36(34(45)17-20-41)23-28(22-29-9-6-18-39-29)27-16-19-40-37(38)24-27/h6,9,13,15-16,18-19,21,24-25,28,30-32,34,36,39,41-45H,2-4,7,10-12,14,17,20,22-23H2,1H3,(H2,38,40). The molecule has 8 N–H and O–H groups in total. The SMILES string of the molecule is CCC1C#CCC(C(O)CCc2ccc(O)c(OC(CC(Cc3ccc[nH]3)c3ccnc(N)c3)C(O)CCO)c2)C(O)CCCC1. The molecule has 0 amide bonds. The highest BCUT2D eigenvalue weighted by molar-refractivity contribution is 5.42. The normalized spacial score (nSPS) is 21.4. The lowest BCUT2D eigenvalue weighted by molar-refractivity contribution is 0.00552. The van der Waals surface area contributed by atoms with E-state index in [0.717, 1.165) is 42.5 Å². The Morgan fingerprint density at radius 3 is 2.67 bits per heavy atom. The van der Waals surface area contributed by atoms with Crippen LogP contribution >= 0.6 is 0 Å². The molecule has 1 aliphatic carbocycles. The van der Waals surface area contributed by atoms with E-state index in [1.54, 1.807) is 24.4 Å². The smallest absolute Gasteiger partial charge is 0.161 e. The fraction of sp³-hybridized carbons (Fsp3) is 0.541. The van der Waals surface area contributed by atoms with E-state index in [-0.39, 0.29) is 36.4 Å². The van der Waals surface area contributed by atoms with Gasteiger partial charge in [0.05, 0.1) is 18.3 Å². The van der Waals surface area contributed by atoms with Crippen LogP contribution in [0.1, 0.15) is 87.4 Å². The summed E-state index contributed by atoms with van der Waals surface area (Å²) in [7, 11) is 0. The second kappa shape index (κ2) is 18.0. The van der Waals surface area contributed by atoms with Crippen LogP contribution in [0.2, 0.25) is 0 Å². The van der Waals surface area contributed by atoms with Gasteiger partial charge in [0.1, 0.15) is 11.9 Å². The van der Waals surface area contributed by atoms with Gasteiger partial charge in [0.25, 0.3) is 0 Å². The van der Waals surface area contributed by atoms with Crippen LogP contribution in [0.15, 0.2) is 54.9 Å². The number of aromatic nitrogens is 2. The Kier molecular flexibility index (Phi) is 13.8. The lowest BCUT2D eigenvalue weighted by atomic mass is 9.85. The van der Waals surface area contributed by atoms with Crippen molar-refractivity contribution in [2.24, 2.45) is 11.8 Å². The van der Waals surface area contributed by atoms with Crippen LogP contribution in [-0.4, -0.2) is 66.5 Å². The molecule has 2 heterocycles. The highest BCUT2D eigenvalue weighted by Gasteiger charge is 2.29. The van der Waals surface area contributed by atoms with Crippen molar-refractivity contribution in [3.8, 4) is 23.3 Å². The number of nitrogens with zero attached hydrogens (tertiary/aromatic N) is 1. The fourth-order valence-corrected chi connectivity index (χ4v) is 6.39. The van der Waals surface area contributed by atoms with E-state index in [1.165, 1.54) is 0 Å². The highest BCUT2D eigenvalue weighted by Crippen LogP contribution is 2.34. The van der Waals surface area contributed by atoms with Gasteiger partial charge in [0.15, 0.2) is 11.5 Å². The van der Waals surface area contributed by atoms with Crippen molar-refractivity contribution in [1.29, 1.82) is 0 Å². The molecule has 0 radical (unpaired) electrons. The first-order valence-corrected chi connectivity index (χ1v) is 16.7. The fourth-order valence-electron chi connectivity index (χ4n) is 6.39. The van der Waals surface area contributed by atoms with Gasteiger partial charge in [0.2, 0.25) is 0 Å². The van der Waals surface area contributed by atoms with E-state index in [9.17, 15) is 25.5 Å². The summed E-state index contributed by atoms with van der Waals surface area (Å²) in [5.41, 5.74) is 8.81. The van der Waals surface area contributed by atoms with Crippen molar-refractivity contribution in [2.45, 2.75) is 108 Å². The maximum Gasteiger partial charge on any atom is 0.161 e. The zero-order chi connectivity index (χ0) is 32.9. The van der Waals surface area contributed by atoms with Crippen molar-refractivity contribution in [1.82, 2.24) is 9.97 Å². The highest BCUT2D eigenvalue weighted by atomic mass is 16.5. The van der Waals surface area contributed by atoms with E-state index >= 15 is 0 Å². The number of H-pyrrole nitrogens is 1. The van der Waals surface area contributed by atoms with Crippen LogP contribution in [0.4, 0.5) is 5.82 Å². The molecule has 7 unspecified atom stereocenters. The Morgan fingerprint density at radius 1 is 1.11 bits per heavy atom. The lowest BCUT2D eigenvalue weighted by Crippen LogP contribution is -2.34. The molecule has 0 fully saturated rings. The molecular weight excluding hydrogens is 582 g/mol. The Balaban J connectivity index is 1.49. The summed E-state index contributed by atoms with van der Waals surface area (Å²) in [4.78, 5) is 7.36. The number of pyridine rings is 1. The second-order valence-corrected chi connectivity index (χ2v) is 12.6. The van der Waals surface area contributed by atoms with Crippen molar-refractivity contribution >= 4 is 5.82 Å². The number of aromatic amines is 1. The van der Waals surface area contributed by atoms with Gasteiger partial charge in [-0.05, 0) is 98.4 Å². The van der Waals surface area contributed by atoms with Crippen molar-refractivity contribution in [3.05, 3.63) is 71.7 Å². The number of aromatic hydroxyl groups is 1. The Hall–Kier alpha value is -3.55. The maximum atomic E-state index is 11.2. The topological polar surface area (TPSA) is 165 Å². The number of aryl methyl sites for hydroxylation is 1. The summed E-state index contributed by atoms with van der Waals surface area (Å²) in [6.45, 7) is 1.93. The van der Waals surface area contributed by atoms with Gasteiger partial charge in [0, 0.05) is 49.4 Å². The molecular formula is C37H51N3O6. The van der Waals surface area contributed by atoms with Gasteiger partial charge < -0.3 is 41.0 Å². The average molecular weight is 634 g/mol. The van der Waals surface area contributed by atoms with E-state index < -0.39 is 24.4 Å². The van der Waals surface area contributed by atoms with Gasteiger partial charge in [-0.25, -0.2) is 4.98 Å². The molecule has 1 aliphatic rings. The van der Waals surface area contributed by atoms with Gasteiger partial charge in [-0.2, -0.15) is 0 Å². The quantitative estimate of drug-likeness (QED) is 0.117. The number of nitrogens with one attached hydrogen (secondary N) is 1. The van der Waals surface area contributed by atoms with Crippen LogP contribution in [0.5, 0.6) is 11.5 Å². The molecule has 4 rings (SSSR count). The van der Waals surface area contributed by atoms with Crippen LogP contribution < -0.4 is 10.5 Å². The van der Waals surface area contributed by atoms with E-state index in [1.807, 2.05) is 30.5 Å². The van der Waals surface area contributed by atoms with Crippen LogP contribution in [0, 0.1) is 23.7 Å². The molecule has 9 nitrogen and oxygen atoms in total. The number of aliphatic hydroxyl groups excluding tert-OH is 4. The third-order valence-corrected chi connectivity index (χ3v) is 9.24. The predicted octanol–water partition coefficient (Wildman–Crippen LogP) is 4.87. The van der Waals surface area contributed by atoms with E-state index in [4.69, 9.17) is 10.5 Å². The number of benzene rings is 1. The molecule has 0 spiro atoms. The molecule has 7 atom stereocenters. The first-order valence-electron chi connectivity index (χ1n) is 16.7. The summed E-state index contributed by atoms with van der Waals surface area (Å²) in [6, 6.07) is 12.7. The number of aliphatic hydroxyl groups is 4. The second-order valence-electron chi connectivity index (χ2n) is 12.6.